The van der Waals surface area contributed by atoms with Crippen LogP contribution in [0.3, 0.4) is 0 Å². The van der Waals surface area contributed by atoms with Gasteiger partial charge in [0.2, 0.25) is 0 Å². The predicted molar refractivity (Wildman–Crippen MR) is 50.7 cm³/mol. The lowest BCUT2D eigenvalue weighted by atomic mass is 10.5. The van der Waals surface area contributed by atoms with E-state index in [1.807, 2.05) is 13.2 Å². The maximum atomic E-state index is 4.05. The van der Waals surface area contributed by atoms with E-state index in [1.165, 1.54) is 4.80 Å². The van der Waals surface area contributed by atoms with E-state index >= 15 is 0 Å². The fourth-order valence-corrected chi connectivity index (χ4v) is 1.21. The first-order chi connectivity index (χ1) is 7.28. The van der Waals surface area contributed by atoms with Crippen molar-refractivity contribution in [2.24, 2.45) is 7.05 Å². The van der Waals surface area contributed by atoms with Gasteiger partial charge in [-0.15, -0.1) is 15.3 Å². The smallest absolute Gasteiger partial charge is 0.196 e. The third kappa shape index (κ3) is 2.34. The molecule has 0 atom stereocenters. The molecule has 1 N–H and O–H groups in total. The van der Waals surface area contributed by atoms with E-state index in [9.17, 15) is 0 Å². The van der Waals surface area contributed by atoms with Crippen LogP contribution in [0, 0.1) is 0 Å². The zero-order valence-corrected chi connectivity index (χ0v) is 8.62. The standard InChI is InChI=1S/C7H12N8/c1-8-3-6-4-15(13-9-6)5-7-10-12-14(2)11-7/h4,8H,3,5H2,1-2H3. The van der Waals surface area contributed by atoms with Crippen molar-refractivity contribution in [1.29, 1.82) is 0 Å². The molecule has 0 saturated carbocycles. The number of nitrogens with one attached hydrogen (secondary N) is 1. The van der Waals surface area contributed by atoms with E-state index in [0.29, 0.717) is 18.9 Å². The summed E-state index contributed by atoms with van der Waals surface area (Å²) in [6.45, 7) is 1.19. The van der Waals surface area contributed by atoms with Crippen LogP contribution in [0.2, 0.25) is 0 Å². The zero-order valence-electron chi connectivity index (χ0n) is 8.62. The summed E-state index contributed by atoms with van der Waals surface area (Å²) in [7, 11) is 3.59. The molecule has 80 valence electrons. The van der Waals surface area contributed by atoms with Crippen LogP contribution in [0.4, 0.5) is 0 Å². The van der Waals surface area contributed by atoms with Crippen LogP contribution in [0.5, 0.6) is 0 Å². The van der Waals surface area contributed by atoms with E-state index in [1.54, 1.807) is 11.7 Å². The average Bonchev–Trinajstić information content (AvgIpc) is 2.78. The van der Waals surface area contributed by atoms with Gasteiger partial charge in [0.1, 0.15) is 6.54 Å². The lowest BCUT2D eigenvalue weighted by Gasteiger charge is -1.92. The minimum absolute atomic E-state index is 0.491. The van der Waals surface area contributed by atoms with Crippen LogP contribution in [0.25, 0.3) is 0 Å². The third-order valence-electron chi connectivity index (χ3n) is 1.80. The van der Waals surface area contributed by atoms with Crippen molar-refractivity contribution >= 4 is 0 Å². The molecule has 0 amide bonds. The largest absolute Gasteiger partial charge is 0.314 e. The van der Waals surface area contributed by atoms with Crippen LogP contribution in [0.15, 0.2) is 6.20 Å². The summed E-state index contributed by atoms with van der Waals surface area (Å²) in [5.41, 5.74) is 0.890. The van der Waals surface area contributed by atoms with Crippen LogP contribution in [0.1, 0.15) is 11.5 Å². The molecule has 2 aromatic heterocycles. The number of hydrogen-bond donors (Lipinski definition) is 1. The van der Waals surface area contributed by atoms with Gasteiger partial charge in [-0.05, 0) is 12.3 Å². The molecule has 15 heavy (non-hydrogen) atoms. The van der Waals surface area contributed by atoms with E-state index in [4.69, 9.17) is 0 Å². The second kappa shape index (κ2) is 4.13. The lowest BCUT2D eigenvalue weighted by Crippen LogP contribution is -2.05. The van der Waals surface area contributed by atoms with Gasteiger partial charge in [-0.2, -0.15) is 4.80 Å². The second-order valence-corrected chi connectivity index (χ2v) is 3.13. The van der Waals surface area contributed by atoms with Crippen LogP contribution in [-0.2, 0) is 20.1 Å². The summed E-state index contributed by atoms with van der Waals surface area (Å²) < 4.78 is 1.68. The molecule has 0 aromatic carbocycles. The van der Waals surface area contributed by atoms with E-state index in [2.05, 4.69) is 31.0 Å². The number of tetrazole rings is 1. The Morgan fingerprint density at radius 3 is 2.87 bits per heavy atom. The molecule has 0 aliphatic carbocycles. The molecule has 0 unspecified atom stereocenters. The Kier molecular flexibility index (Phi) is 2.68. The van der Waals surface area contributed by atoms with Gasteiger partial charge in [0.25, 0.3) is 0 Å². The first-order valence-electron chi connectivity index (χ1n) is 4.54. The summed E-state index contributed by atoms with van der Waals surface area (Å²) in [6.07, 6.45) is 1.85. The Balaban J connectivity index is 2.04. The molecule has 0 radical (unpaired) electrons. The number of nitrogens with zero attached hydrogens (tertiary/aromatic N) is 7. The Hall–Kier alpha value is -1.83. The van der Waals surface area contributed by atoms with Crippen molar-refractivity contribution in [3.05, 3.63) is 17.7 Å². The summed E-state index contributed by atoms with van der Waals surface area (Å²) >= 11 is 0. The highest BCUT2D eigenvalue weighted by atomic mass is 15.6. The number of aryl methyl sites for hydroxylation is 1. The number of aromatic nitrogens is 7. The summed E-state index contributed by atoms with van der Waals surface area (Å²) in [4.78, 5) is 1.42. The second-order valence-electron chi connectivity index (χ2n) is 3.13. The van der Waals surface area contributed by atoms with Gasteiger partial charge in [-0.1, -0.05) is 5.21 Å². The molecule has 0 bridgehead atoms. The maximum Gasteiger partial charge on any atom is 0.196 e. The molecule has 0 aliphatic rings. The topological polar surface area (TPSA) is 86.3 Å². The first kappa shape index (κ1) is 9.71. The van der Waals surface area contributed by atoms with Gasteiger partial charge >= 0.3 is 0 Å². The predicted octanol–water partition coefficient (Wildman–Crippen LogP) is -1.43. The average molecular weight is 208 g/mol. The molecule has 2 aromatic rings. The van der Waals surface area contributed by atoms with Gasteiger partial charge < -0.3 is 5.32 Å². The van der Waals surface area contributed by atoms with Crippen molar-refractivity contribution < 1.29 is 0 Å². The zero-order chi connectivity index (χ0) is 10.7. The fraction of sp³-hybridized carbons (Fsp3) is 0.571. The quantitative estimate of drug-likeness (QED) is 0.663. The molecule has 2 heterocycles. The van der Waals surface area contributed by atoms with Crippen molar-refractivity contribution in [1.82, 2.24) is 40.5 Å². The van der Waals surface area contributed by atoms with Gasteiger partial charge in [0.15, 0.2) is 5.82 Å². The SMILES string of the molecule is CNCc1cn(Cc2nnn(C)n2)nn1. The van der Waals surface area contributed by atoms with Gasteiger partial charge in [-0.3, -0.25) is 0 Å². The number of rotatable bonds is 4. The molecule has 0 saturated heterocycles. The minimum atomic E-state index is 0.491. The Morgan fingerprint density at radius 1 is 1.33 bits per heavy atom. The Bertz CT molecular complexity index is 430. The highest BCUT2D eigenvalue weighted by Gasteiger charge is 2.04. The molecule has 8 nitrogen and oxygen atoms in total. The minimum Gasteiger partial charge on any atom is -0.314 e. The molecule has 0 fully saturated rings. The van der Waals surface area contributed by atoms with E-state index < -0.39 is 0 Å². The fourth-order valence-electron chi connectivity index (χ4n) is 1.21. The molecule has 8 heteroatoms. The lowest BCUT2D eigenvalue weighted by molar-refractivity contribution is 0.607. The molecule has 2 rings (SSSR count). The maximum absolute atomic E-state index is 4.05. The van der Waals surface area contributed by atoms with Crippen LogP contribution < -0.4 is 5.32 Å². The normalized spacial score (nSPS) is 10.8. The van der Waals surface area contributed by atoms with E-state index in [0.717, 1.165) is 5.69 Å². The van der Waals surface area contributed by atoms with Gasteiger partial charge in [0, 0.05) is 6.54 Å². The van der Waals surface area contributed by atoms with Crippen molar-refractivity contribution in [2.45, 2.75) is 13.1 Å². The molecular formula is C7H12N8. The highest BCUT2D eigenvalue weighted by molar-refractivity contribution is 4.92. The third-order valence-corrected chi connectivity index (χ3v) is 1.80. The molecular weight excluding hydrogens is 196 g/mol. The molecule has 0 aliphatic heterocycles. The van der Waals surface area contributed by atoms with Crippen molar-refractivity contribution in [2.75, 3.05) is 7.05 Å². The van der Waals surface area contributed by atoms with E-state index in [-0.39, 0.29) is 0 Å². The summed E-state index contributed by atoms with van der Waals surface area (Å²) in [6, 6.07) is 0. The molecule has 0 spiro atoms. The van der Waals surface area contributed by atoms with Crippen molar-refractivity contribution in [3.8, 4) is 0 Å². The Labute approximate surface area is 86.3 Å². The number of hydrogen-bond acceptors (Lipinski definition) is 6. The van der Waals surface area contributed by atoms with Crippen molar-refractivity contribution in [3.63, 3.8) is 0 Å². The summed E-state index contributed by atoms with van der Waals surface area (Å²) in [5.74, 6) is 0.624. The van der Waals surface area contributed by atoms with Crippen LogP contribution in [-0.4, -0.2) is 42.2 Å². The monoisotopic (exact) mass is 208 g/mol. The van der Waals surface area contributed by atoms with Gasteiger partial charge in [-0.25, -0.2) is 4.68 Å². The first-order valence-corrected chi connectivity index (χ1v) is 4.54. The Morgan fingerprint density at radius 2 is 2.20 bits per heavy atom. The van der Waals surface area contributed by atoms with Gasteiger partial charge in [0.05, 0.1) is 18.9 Å². The highest BCUT2D eigenvalue weighted by Crippen LogP contribution is 1.95. The summed E-state index contributed by atoms with van der Waals surface area (Å²) in [5, 5.41) is 22.6. The van der Waals surface area contributed by atoms with Crippen LogP contribution >= 0.6 is 0 Å².